The minimum atomic E-state index is -0.583. The van der Waals surface area contributed by atoms with Gasteiger partial charge in [0.15, 0.2) is 11.5 Å². The molecule has 0 aliphatic rings. The molecule has 0 atom stereocenters. The Morgan fingerprint density at radius 2 is 2.13 bits per heavy atom. The molecule has 0 aliphatic heterocycles. The number of phenolic OH excluding ortho intramolecular Hbond substituents is 1. The minimum Gasteiger partial charge on any atom is -0.504 e. The Balaban J connectivity index is 2.05. The van der Waals surface area contributed by atoms with E-state index in [1.807, 2.05) is 0 Å². The summed E-state index contributed by atoms with van der Waals surface area (Å²) in [6.45, 7) is 0. The van der Waals surface area contributed by atoms with Crippen LogP contribution in [0.25, 0.3) is 0 Å². The molecule has 0 saturated heterocycles. The third-order valence-corrected chi connectivity index (χ3v) is 2.90. The summed E-state index contributed by atoms with van der Waals surface area (Å²) >= 11 is 0. The highest BCUT2D eigenvalue weighted by molar-refractivity contribution is 5.95. The SMILES string of the molecule is COc1ccc(C=NNC(=O)c2cccc([N+](=O)[O-])c2)cc1O. The maximum Gasteiger partial charge on any atom is 0.271 e. The van der Waals surface area contributed by atoms with Crippen LogP contribution < -0.4 is 10.2 Å². The van der Waals surface area contributed by atoms with E-state index in [2.05, 4.69) is 10.5 Å². The number of rotatable bonds is 5. The predicted octanol–water partition coefficient (Wildman–Crippen LogP) is 2.07. The summed E-state index contributed by atoms with van der Waals surface area (Å²) in [5, 5.41) is 24.0. The molecule has 0 radical (unpaired) electrons. The molecule has 0 heterocycles. The molecule has 23 heavy (non-hydrogen) atoms. The number of non-ortho nitro benzene ring substituents is 1. The molecule has 118 valence electrons. The van der Waals surface area contributed by atoms with E-state index in [4.69, 9.17) is 4.74 Å². The zero-order valence-electron chi connectivity index (χ0n) is 12.1. The van der Waals surface area contributed by atoms with Crippen LogP contribution in [0.4, 0.5) is 5.69 Å². The first-order valence-electron chi connectivity index (χ1n) is 6.46. The second-order valence-corrected chi connectivity index (χ2v) is 4.44. The summed E-state index contributed by atoms with van der Waals surface area (Å²) in [6, 6.07) is 9.92. The standard InChI is InChI=1S/C15H13N3O5/c1-23-14-6-5-10(7-13(14)19)9-16-17-15(20)11-3-2-4-12(8-11)18(21)22/h2-9,19H,1H3,(H,17,20). The summed E-state index contributed by atoms with van der Waals surface area (Å²) in [5.41, 5.74) is 2.74. The van der Waals surface area contributed by atoms with Crippen LogP contribution in [0.2, 0.25) is 0 Å². The predicted molar refractivity (Wildman–Crippen MR) is 82.8 cm³/mol. The van der Waals surface area contributed by atoms with Crippen molar-refractivity contribution in [1.29, 1.82) is 0 Å². The summed E-state index contributed by atoms with van der Waals surface area (Å²) in [5.74, 6) is -0.313. The first-order valence-corrected chi connectivity index (χ1v) is 6.46. The summed E-state index contributed by atoms with van der Waals surface area (Å²) in [6.07, 6.45) is 1.33. The molecule has 8 heteroatoms. The van der Waals surface area contributed by atoms with Gasteiger partial charge in [-0.15, -0.1) is 0 Å². The molecule has 0 fully saturated rings. The van der Waals surface area contributed by atoms with Gasteiger partial charge in [-0.05, 0) is 29.8 Å². The van der Waals surface area contributed by atoms with E-state index >= 15 is 0 Å². The second kappa shape index (κ2) is 7.03. The van der Waals surface area contributed by atoms with Crippen molar-refractivity contribution in [3.05, 3.63) is 63.7 Å². The molecule has 2 N–H and O–H groups in total. The van der Waals surface area contributed by atoms with Crippen molar-refractivity contribution in [2.45, 2.75) is 0 Å². The number of nitrogens with zero attached hydrogens (tertiary/aromatic N) is 2. The van der Waals surface area contributed by atoms with E-state index in [0.29, 0.717) is 11.3 Å². The lowest BCUT2D eigenvalue weighted by Gasteiger charge is -2.03. The maximum absolute atomic E-state index is 11.9. The molecule has 0 spiro atoms. The number of benzene rings is 2. The van der Waals surface area contributed by atoms with Gasteiger partial charge in [0, 0.05) is 17.7 Å². The maximum atomic E-state index is 11.9. The van der Waals surface area contributed by atoms with Crippen molar-refractivity contribution in [3.8, 4) is 11.5 Å². The van der Waals surface area contributed by atoms with Gasteiger partial charge in [-0.25, -0.2) is 5.43 Å². The number of carbonyl (C=O) groups excluding carboxylic acids is 1. The zero-order chi connectivity index (χ0) is 16.8. The lowest BCUT2D eigenvalue weighted by Crippen LogP contribution is -2.17. The number of nitro benzene ring substituents is 1. The van der Waals surface area contributed by atoms with Crippen molar-refractivity contribution in [1.82, 2.24) is 5.43 Å². The number of hydrogen-bond donors (Lipinski definition) is 2. The quantitative estimate of drug-likeness (QED) is 0.498. The zero-order valence-corrected chi connectivity index (χ0v) is 12.1. The molecule has 2 aromatic carbocycles. The van der Waals surface area contributed by atoms with Gasteiger partial charge in [0.2, 0.25) is 0 Å². The van der Waals surface area contributed by atoms with Crippen LogP contribution in [0.5, 0.6) is 11.5 Å². The first kappa shape index (κ1) is 16.0. The van der Waals surface area contributed by atoms with Gasteiger partial charge in [-0.3, -0.25) is 14.9 Å². The number of phenols is 1. The fraction of sp³-hybridized carbons (Fsp3) is 0.0667. The van der Waals surface area contributed by atoms with E-state index in [0.717, 1.165) is 6.07 Å². The van der Waals surface area contributed by atoms with Crippen LogP contribution in [0.1, 0.15) is 15.9 Å². The normalized spacial score (nSPS) is 10.5. The van der Waals surface area contributed by atoms with Crippen molar-refractivity contribution < 1.29 is 19.6 Å². The molecule has 8 nitrogen and oxygen atoms in total. The van der Waals surface area contributed by atoms with Crippen LogP contribution in [0, 0.1) is 10.1 Å². The number of ether oxygens (including phenoxy) is 1. The smallest absolute Gasteiger partial charge is 0.271 e. The number of carbonyl (C=O) groups is 1. The Labute approximate surface area is 131 Å². The average Bonchev–Trinajstić information content (AvgIpc) is 2.55. The Morgan fingerprint density at radius 1 is 1.35 bits per heavy atom. The minimum absolute atomic E-state index is 0.0542. The number of hydrogen-bond acceptors (Lipinski definition) is 6. The van der Waals surface area contributed by atoms with Crippen LogP contribution in [-0.2, 0) is 0 Å². The largest absolute Gasteiger partial charge is 0.504 e. The lowest BCUT2D eigenvalue weighted by atomic mass is 10.2. The molecular formula is C15H13N3O5. The molecule has 0 aromatic heterocycles. The molecule has 0 bridgehead atoms. The molecule has 0 saturated carbocycles. The lowest BCUT2D eigenvalue weighted by molar-refractivity contribution is -0.384. The van der Waals surface area contributed by atoms with Gasteiger partial charge in [-0.2, -0.15) is 5.10 Å². The van der Waals surface area contributed by atoms with Gasteiger partial charge in [-0.1, -0.05) is 6.07 Å². The van der Waals surface area contributed by atoms with Crippen molar-refractivity contribution in [3.63, 3.8) is 0 Å². The van der Waals surface area contributed by atoms with Crippen LogP contribution in [0.3, 0.4) is 0 Å². The van der Waals surface area contributed by atoms with E-state index < -0.39 is 10.8 Å². The highest BCUT2D eigenvalue weighted by Crippen LogP contribution is 2.25. The van der Waals surface area contributed by atoms with Crippen LogP contribution >= 0.6 is 0 Å². The van der Waals surface area contributed by atoms with Crippen molar-refractivity contribution in [2.24, 2.45) is 5.10 Å². The number of methoxy groups -OCH3 is 1. The third-order valence-electron chi connectivity index (χ3n) is 2.90. The van der Waals surface area contributed by atoms with Gasteiger partial charge >= 0.3 is 0 Å². The number of amides is 1. The fourth-order valence-corrected chi connectivity index (χ4v) is 1.78. The third kappa shape index (κ3) is 4.03. The van der Waals surface area contributed by atoms with Gasteiger partial charge < -0.3 is 9.84 Å². The fourth-order valence-electron chi connectivity index (χ4n) is 1.78. The summed E-state index contributed by atoms with van der Waals surface area (Å²) < 4.78 is 4.91. The Kier molecular flexibility index (Phi) is 4.88. The second-order valence-electron chi connectivity index (χ2n) is 4.44. The molecule has 2 aromatic rings. The Bertz CT molecular complexity index is 773. The highest BCUT2D eigenvalue weighted by Gasteiger charge is 2.10. The summed E-state index contributed by atoms with van der Waals surface area (Å²) in [7, 11) is 1.43. The molecule has 0 aliphatic carbocycles. The number of aromatic hydroxyl groups is 1. The van der Waals surface area contributed by atoms with E-state index in [-0.39, 0.29) is 17.0 Å². The average molecular weight is 315 g/mol. The van der Waals surface area contributed by atoms with Crippen molar-refractivity contribution in [2.75, 3.05) is 7.11 Å². The Hall–Kier alpha value is -3.42. The number of nitrogens with one attached hydrogen (secondary N) is 1. The molecule has 2 rings (SSSR count). The van der Waals surface area contributed by atoms with Crippen molar-refractivity contribution >= 4 is 17.8 Å². The van der Waals surface area contributed by atoms with Crippen LogP contribution in [0.15, 0.2) is 47.6 Å². The number of hydrazone groups is 1. The summed E-state index contributed by atoms with van der Waals surface area (Å²) in [4.78, 5) is 21.9. The Morgan fingerprint density at radius 3 is 2.78 bits per heavy atom. The number of nitro groups is 1. The molecule has 0 unspecified atom stereocenters. The van der Waals surface area contributed by atoms with Gasteiger partial charge in [0.25, 0.3) is 11.6 Å². The first-order chi connectivity index (χ1) is 11.0. The van der Waals surface area contributed by atoms with Crippen LogP contribution in [-0.4, -0.2) is 29.3 Å². The molecule has 1 amide bonds. The monoisotopic (exact) mass is 315 g/mol. The van der Waals surface area contributed by atoms with Gasteiger partial charge in [0.05, 0.1) is 18.2 Å². The van der Waals surface area contributed by atoms with E-state index in [9.17, 15) is 20.0 Å². The van der Waals surface area contributed by atoms with E-state index in [1.54, 1.807) is 12.1 Å². The van der Waals surface area contributed by atoms with E-state index in [1.165, 1.54) is 37.6 Å². The van der Waals surface area contributed by atoms with Gasteiger partial charge in [0.1, 0.15) is 0 Å². The topological polar surface area (TPSA) is 114 Å². The molecular weight excluding hydrogens is 302 g/mol. The highest BCUT2D eigenvalue weighted by atomic mass is 16.6.